The summed E-state index contributed by atoms with van der Waals surface area (Å²) in [4.78, 5) is 22.7. The summed E-state index contributed by atoms with van der Waals surface area (Å²) in [6.45, 7) is 1.64. The molecule has 0 fully saturated rings. The van der Waals surface area contributed by atoms with Crippen LogP contribution in [0.2, 0.25) is 0 Å². The molecule has 140 valence electrons. The fraction of sp³-hybridized carbons (Fsp3) is 0.273. The van der Waals surface area contributed by atoms with Crippen LogP contribution in [0.15, 0.2) is 54.1 Å². The molecule has 0 heterocycles. The van der Waals surface area contributed by atoms with E-state index in [4.69, 9.17) is 15.6 Å². The molecular weight excluding hydrogens is 342 g/mol. The Morgan fingerprint density at radius 1 is 1.11 bits per heavy atom. The number of rotatable bonds is 8. The monoisotopic (exact) mass is 365 g/mol. The number of hydrogen-bond acceptors (Lipinski definition) is 3. The van der Waals surface area contributed by atoms with Crippen molar-refractivity contribution in [1.29, 1.82) is 0 Å². The lowest BCUT2D eigenvalue weighted by Gasteiger charge is -2.17. The SMILES string of the molecule is CCC1=C(CC(N)=O)c2c(OCC(=O)O)cccc2C1Cc1ccccc1. The second-order valence-electron chi connectivity index (χ2n) is 6.65. The van der Waals surface area contributed by atoms with Gasteiger partial charge in [0.25, 0.3) is 0 Å². The number of carboxylic acid groups (broad SMARTS) is 1. The van der Waals surface area contributed by atoms with E-state index in [0.29, 0.717) is 5.75 Å². The van der Waals surface area contributed by atoms with E-state index >= 15 is 0 Å². The fourth-order valence-corrected chi connectivity index (χ4v) is 3.90. The molecule has 0 saturated carbocycles. The Kier molecular flexibility index (Phi) is 5.60. The van der Waals surface area contributed by atoms with E-state index in [1.54, 1.807) is 6.07 Å². The number of hydrogen-bond donors (Lipinski definition) is 2. The average Bonchev–Trinajstić information content (AvgIpc) is 2.93. The number of aliphatic carboxylic acids is 1. The van der Waals surface area contributed by atoms with Crippen LogP contribution in [0.5, 0.6) is 5.75 Å². The van der Waals surface area contributed by atoms with Crippen molar-refractivity contribution in [1.82, 2.24) is 0 Å². The lowest BCUT2D eigenvalue weighted by atomic mass is 9.88. The fourth-order valence-electron chi connectivity index (χ4n) is 3.90. The first-order valence-electron chi connectivity index (χ1n) is 9.03. The Labute approximate surface area is 158 Å². The first kappa shape index (κ1) is 18.7. The number of benzene rings is 2. The van der Waals surface area contributed by atoms with Crippen LogP contribution in [0.1, 0.15) is 42.4 Å². The standard InChI is InChI=1S/C22H23NO4/c1-2-15-17(11-14-7-4-3-5-8-14)16-9-6-10-19(27-13-21(25)26)22(16)18(15)12-20(23)24/h3-10,17H,2,11-13H2,1H3,(H2,23,24)(H,25,26). The van der Waals surface area contributed by atoms with Gasteiger partial charge in [0, 0.05) is 11.5 Å². The number of fused-ring (bicyclic) bond motifs is 1. The zero-order chi connectivity index (χ0) is 19.4. The molecule has 0 bridgehead atoms. The summed E-state index contributed by atoms with van der Waals surface area (Å²) in [5, 5.41) is 8.97. The number of nitrogens with two attached hydrogens (primary N) is 1. The second-order valence-corrected chi connectivity index (χ2v) is 6.65. The molecule has 5 nitrogen and oxygen atoms in total. The molecule has 1 atom stereocenters. The molecule has 2 aromatic carbocycles. The van der Waals surface area contributed by atoms with Gasteiger partial charge in [-0.25, -0.2) is 4.79 Å². The average molecular weight is 365 g/mol. The number of carbonyl (C=O) groups is 2. The summed E-state index contributed by atoms with van der Waals surface area (Å²) in [7, 11) is 0. The quantitative estimate of drug-likeness (QED) is 0.749. The number of allylic oxidation sites excluding steroid dienone is 1. The third kappa shape index (κ3) is 4.03. The largest absolute Gasteiger partial charge is 0.481 e. The molecule has 27 heavy (non-hydrogen) atoms. The molecule has 0 aliphatic heterocycles. The van der Waals surface area contributed by atoms with Crippen molar-refractivity contribution >= 4 is 17.4 Å². The molecule has 3 N–H and O–H groups in total. The van der Waals surface area contributed by atoms with E-state index in [2.05, 4.69) is 19.1 Å². The lowest BCUT2D eigenvalue weighted by Crippen LogP contribution is -2.13. The minimum atomic E-state index is -1.04. The lowest BCUT2D eigenvalue weighted by molar-refractivity contribution is -0.139. The van der Waals surface area contributed by atoms with Gasteiger partial charge in [-0.2, -0.15) is 0 Å². The van der Waals surface area contributed by atoms with E-state index in [-0.39, 0.29) is 12.3 Å². The summed E-state index contributed by atoms with van der Waals surface area (Å²) < 4.78 is 5.53. The molecule has 3 rings (SSSR count). The molecule has 1 aliphatic rings. The smallest absolute Gasteiger partial charge is 0.341 e. The zero-order valence-electron chi connectivity index (χ0n) is 15.3. The van der Waals surface area contributed by atoms with Gasteiger partial charge in [-0.05, 0) is 35.6 Å². The maximum atomic E-state index is 11.7. The van der Waals surface area contributed by atoms with Gasteiger partial charge in [-0.15, -0.1) is 0 Å². The van der Waals surface area contributed by atoms with E-state index in [1.807, 2.05) is 30.3 Å². The van der Waals surface area contributed by atoms with Crippen LogP contribution < -0.4 is 10.5 Å². The van der Waals surface area contributed by atoms with Crippen LogP contribution in [-0.2, 0) is 16.0 Å². The molecule has 1 amide bonds. The van der Waals surface area contributed by atoms with E-state index in [9.17, 15) is 9.59 Å². The van der Waals surface area contributed by atoms with Gasteiger partial charge < -0.3 is 15.6 Å². The van der Waals surface area contributed by atoms with Crippen molar-refractivity contribution in [3.63, 3.8) is 0 Å². The minimum absolute atomic E-state index is 0.120. The van der Waals surface area contributed by atoms with Crippen molar-refractivity contribution in [3.05, 3.63) is 70.8 Å². The van der Waals surface area contributed by atoms with Crippen LogP contribution >= 0.6 is 0 Å². The minimum Gasteiger partial charge on any atom is -0.481 e. The van der Waals surface area contributed by atoms with Crippen LogP contribution in [0.4, 0.5) is 0 Å². The number of carboxylic acids is 1. The first-order valence-corrected chi connectivity index (χ1v) is 9.03. The molecule has 0 radical (unpaired) electrons. The predicted molar refractivity (Wildman–Crippen MR) is 103 cm³/mol. The maximum absolute atomic E-state index is 11.7. The summed E-state index contributed by atoms with van der Waals surface area (Å²) in [6, 6.07) is 15.8. The molecule has 1 unspecified atom stereocenters. The second kappa shape index (κ2) is 8.08. The van der Waals surface area contributed by atoms with Gasteiger partial charge in [0.05, 0.1) is 6.42 Å². The van der Waals surface area contributed by atoms with Gasteiger partial charge >= 0.3 is 5.97 Å². The van der Waals surface area contributed by atoms with Crippen LogP contribution in [0.3, 0.4) is 0 Å². The van der Waals surface area contributed by atoms with Gasteiger partial charge in [0.1, 0.15) is 5.75 Å². The topological polar surface area (TPSA) is 89.6 Å². The van der Waals surface area contributed by atoms with Crippen molar-refractivity contribution in [2.24, 2.45) is 5.73 Å². The molecule has 2 aromatic rings. The third-order valence-corrected chi connectivity index (χ3v) is 4.91. The molecule has 1 aliphatic carbocycles. The third-order valence-electron chi connectivity index (χ3n) is 4.91. The predicted octanol–water partition coefficient (Wildman–Crippen LogP) is 3.53. The van der Waals surface area contributed by atoms with E-state index in [0.717, 1.165) is 29.5 Å². The van der Waals surface area contributed by atoms with E-state index in [1.165, 1.54) is 11.1 Å². The molecule has 5 heteroatoms. The first-order chi connectivity index (χ1) is 13.0. The van der Waals surface area contributed by atoms with Gasteiger partial charge in [0.2, 0.25) is 5.91 Å². The Bertz CT molecular complexity index is 886. The highest BCUT2D eigenvalue weighted by atomic mass is 16.5. The Hall–Kier alpha value is -3.08. The highest BCUT2D eigenvalue weighted by Crippen LogP contribution is 2.49. The number of carbonyl (C=O) groups excluding carboxylic acids is 1. The molecule has 0 aromatic heterocycles. The maximum Gasteiger partial charge on any atom is 0.341 e. The van der Waals surface area contributed by atoms with Crippen LogP contribution in [0.25, 0.3) is 5.57 Å². The molecular formula is C22H23NO4. The Morgan fingerprint density at radius 2 is 1.85 bits per heavy atom. The zero-order valence-corrected chi connectivity index (χ0v) is 15.3. The van der Waals surface area contributed by atoms with Gasteiger partial charge in [0.15, 0.2) is 6.61 Å². The Morgan fingerprint density at radius 3 is 2.48 bits per heavy atom. The van der Waals surface area contributed by atoms with Crippen molar-refractivity contribution in [2.45, 2.75) is 32.1 Å². The summed E-state index contributed by atoms with van der Waals surface area (Å²) in [5.74, 6) is -0.833. The van der Waals surface area contributed by atoms with E-state index < -0.39 is 18.5 Å². The highest BCUT2D eigenvalue weighted by Gasteiger charge is 2.33. The Balaban J connectivity index is 2.08. The summed E-state index contributed by atoms with van der Waals surface area (Å²) in [6.07, 6.45) is 1.71. The van der Waals surface area contributed by atoms with Crippen LogP contribution in [-0.4, -0.2) is 23.6 Å². The van der Waals surface area contributed by atoms with Gasteiger partial charge in [-0.3, -0.25) is 4.79 Å². The summed E-state index contributed by atoms with van der Waals surface area (Å²) >= 11 is 0. The number of ether oxygens (including phenoxy) is 1. The van der Waals surface area contributed by atoms with Gasteiger partial charge in [-0.1, -0.05) is 55.0 Å². The number of primary amides is 1. The highest BCUT2D eigenvalue weighted by molar-refractivity contribution is 5.93. The van der Waals surface area contributed by atoms with Crippen molar-refractivity contribution in [2.75, 3.05) is 6.61 Å². The molecule has 0 saturated heterocycles. The normalized spacial score (nSPS) is 15.5. The molecule has 0 spiro atoms. The summed E-state index contributed by atoms with van der Waals surface area (Å²) in [5.41, 5.74) is 10.6. The number of amides is 1. The van der Waals surface area contributed by atoms with Crippen molar-refractivity contribution in [3.8, 4) is 5.75 Å². The van der Waals surface area contributed by atoms with Crippen LogP contribution in [0, 0.1) is 0 Å². The van der Waals surface area contributed by atoms with Crippen molar-refractivity contribution < 1.29 is 19.4 Å².